The van der Waals surface area contributed by atoms with E-state index in [0.29, 0.717) is 19.4 Å². The number of hydrogen-bond acceptors (Lipinski definition) is 6. The molecule has 7 heteroatoms. The van der Waals surface area contributed by atoms with Crippen molar-refractivity contribution < 1.29 is 28.8 Å². The fourth-order valence-electron chi connectivity index (χ4n) is 6.31. The van der Waals surface area contributed by atoms with E-state index in [9.17, 15) is 9.90 Å². The van der Waals surface area contributed by atoms with Gasteiger partial charge in [-0.3, -0.25) is 4.79 Å². The summed E-state index contributed by atoms with van der Waals surface area (Å²) in [5, 5.41) is 14.0. The third-order valence-electron chi connectivity index (χ3n) is 8.65. The Balaban J connectivity index is 1.42. The monoisotopic (exact) mass is 583 g/mol. The largest absolute Gasteiger partial charge is 0.393 e. The molecule has 3 aliphatic rings. The summed E-state index contributed by atoms with van der Waals surface area (Å²) in [7, 11) is 0. The van der Waals surface area contributed by atoms with Crippen LogP contribution in [0.15, 0.2) is 54.6 Å². The van der Waals surface area contributed by atoms with E-state index in [4.69, 9.17) is 18.9 Å². The second-order valence-electron chi connectivity index (χ2n) is 11.9. The van der Waals surface area contributed by atoms with Crippen LogP contribution in [0.3, 0.4) is 0 Å². The van der Waals surface area contributed by atoms with Crippen LogP contribution < -0.4 is 5.32 Å². The van der Waals surface area contributed by atoms with Crippen molar-refractivity contribution >= 4 is 5.91 Å². The van der Waals surface area contributed by atoms with Crippen molar-refractivity contribution in [1.82, 2.24) is 5.32 Å². The minimum Gasteiger partial charge on any atom is -0.393 e. The summed E-state index contributed by atoms with van der Waals surface area (Å²) >= 11 is 0. The molecule has 42 heavy (non-hydrogen) atoms. The number of benzene rings is 1. The quantitative estimate of drug-likeness (QED) is 0.177. The van der Waals surface area contributed by atoms with Crippen molar-refractivity contribution in [3.63, 3.8) is 0 Å². The van der Waals surface area contributed by atoms with Gasteiger partial charge in [-0.2, -0.15) is 0 Å². The van der Waals surface area contributed by atoms with Crippen LogP contribution in [0.2, 0.25) is 0 Å². The number of ether oxygens (including phenoxy) is 4. The van der Waals surface area contributed by atoms with Crippen molar-refractivity contribution in [3.8, 4) is 0 Å². The van der Waals surface area contributed by atoms with Gasteiger partial charge in [0.05, 0.1) is 18.3 Å². The number of amides is 1. The van der Waals surface area contributed by atoms with Crippen LogP contribution in [0.5, 0.6) is 0 Å². The van der Waals surface area contributed by atoms with Crippen LogP contribution in [-0.2, 0) is 30.2 Å². The summed E-state index contributed by atoms with van der Waals surface area (Å²) in [6, 6.07) is 10.5. The zero-order valence-corrected chi connectivity index (χ0v) is 25.5. The molecule has 2 aliphatic heterocycles. The SMILES string of the molecule is CCNC(=O)CCCC=CC[C@@H]1[C@@H](C=CC(CCc2ccccc2)OC2CCCCO2)[C@H](OC2CCCCO2)C[C@@H]1O. The molecule has 2 saturated heterocycles. The van der Waals surface area contributed by atoms with E-state index in [-0.39, 0.29) is 42.5 Å². The molecule has 1 amide bonds. The molecule has 7 atom stereocenters. The summed E-state index contributed by atoms with van der Waals surface area (Å²) in [6.07, 6.45) is 19.4. The van der Waals surface area contributed by atoms with Gasteiger partial charge in [-0.1, -0.05) is 54.6 Å². The molecule has 0 radical (unpaired) electrons. The molecule has 1 aromatic carbocycles. The molecule has 2 heterocycles. The van der Waals surface area contributed by atoms with Gasteiger partial charge in [-0.15, -0.1) is 0 Å². The third-order valence-corrected chi connectivity index (χ3v) is 8.65. The summed E-state index contributed by atoms with van der Waals surface area (Å²) in [5.41, 5.74) is 1.30. The Morgan fingerprint density at radius 3 is 2.55 bits per heavy atom. The van der Waals surface area contributed by atoms with Crippen molar-refractivity contribution in [1.29, 1.82) is 0 Å². The number of carbonyl (C=O) groups excluding carboxylic acids is 1. The van der Waals surface area contributed by atoms with Crippen molar-refractivity contribution in [2.75, 3.05) is 19.8 Å². The van der Waals surface area contributed by atoms with Gasteiger partial charge in [0.15, 0.2) is 12.6 Å². The molecule has 3 unspecified atom stereocenters. The van der Waals surface area contributed by atoms with Gasteiger partial charge in [-0.05, 0) is 89.0 Å². The maximum atomic E-state index is 11.7. The highest BCUT2D eigenvalue weighted by molar-refractivity contribution is 5.75. The maximum absolute atomic E-state index is 11.7. The Bertz CT molecular complexity index is 940. The summed E-state index contributed by atoms with van der Waals surface area (Å²) in [6.45, 7) is 4.10. The molecular weight excluding hydrogens is 530 g/mol. The highest BCUT2D eigenvalue weighted by atomic mass is 16.7. The number of allylic oxidation sites excluding steroid dienone is 2. The highest BCUT2D eigenvalue weighted by Gasteiger charge is 2.42. The number of aliphatic hydroxyl groups excluding tert-OH is 1. The van der Waals surface area contributed by atoms with Gasteiger partial charge in [0, 0.05) is 38.5 Å². The first-order valence-electron chi connectivity index (χ1n) is 16.5. The maximum Gasteiger partial charge on any atom is 0.219 e. The molecule has 3 fully saturated rings. The predicted molar refractivity (Wildman–Crippen MR) is 165 cm³/mol. The predicted octanol–water partition coefficient (Wildman–Crippen LogP) is 6.25. The molecule has 4 rings (SSSR count). The van der Waals surface area contributed by atoms with E-state index < -0.39 is 6.10 Å². The number of aryl methyl sites for hydroxylation is 1. The fourth-order valence-corrected chi connectivity index (χ4v) is 6.31. The number of rotatable bonds is 16. The zero-order valence-electron chi connectivity index (χ0n) is 25.5. The number of carbonyl (C=O) groups is 1. The minimum absolute atomic E-state index is 0.0511. The second kappa shape index (κ2) is 18.6. The Morgan fingerprint density at radius 2 is 1.83 bits per heavy atom. The average molecular weight is 584 g/mol. The van der Waals surface area contributed by atoms with Gasteiger partial charge in [0.25, 0.3) is 0 Å². The van der Waals surface area contributed by atoms with Crippen LogP contribution in [0, 0.1) is 11.8 Å². The molecule has 0 aromatic heterocycles. The molecule has 234 valence electrons. The Morgan fingerprint density at radius 1 is 1.07 bits per heavy atom. The topological polar surface area (TPSA) is 86.3 Å². The smallest absolute Gasteiger partial charge is 0.219 e. The van der Waals surface area contributed by atoms with Gasteiger partial charge in [0.1, 0.15) is 0 Å². The number of nitrogens with one attached hydrogen (secondary N) is 1. The first-order chi connectivity index (χ1) is 20.6. The lowest BCUT2D eigenvalue weighted by molar-refractivity contribution is -0.193. The molecule has 0 spiro atoms. The van der Waals surface area contributed by atoms with Crippen molar-refractivity contribution in [2.45, 2.75) is 121 Å². The Hall–Kier alpha value is -2.03. The average Bonchev–Trinajstić information content (AvgIpc) is 3.30. The van der Waals surface area contributed by atoms with E-state index in [1.54, 1.807) is 0 Å². The number of aliphatic hydroxyl groups is 1. The van der Waals surface area contributed by atoms with Crippen LogP contribution in [0.1, 0.15) is 89.5 Å². The normalized spacial score (nSPS) is 29.3. The molecular formula is C35H53NO6. The van der Waals surface area contributed by atoms with E-state index in [2.05, 4.69) is 53.9 Å². The molecule has 1 aliphatic carbocycles. The van der Waals surface area contributed by atoms with E-state index in [1.165, 1.54) is 5.56 Å². The number of hydrogen-bond donors (Lipinski definition) is 2. The van der Waals surface area contributed by atoms with Crippen LogP contribution >= 0.6 is 0 Å². The van der Waals surface area contributed by atoms with Crippen molar-refractivity contribution in [3.05, 3.63) is 60.2 Å². The Labute approximate surface area is 253 Å². The van der Waals surface area contributed by atoms with E-state index in [0.717, 1.165) is 83.8 Å². The minimum atomic E-state index is -0.446. The Kier molecular flexibility index (Phi) is 14.6. The standard InChI is InChI=1S/C35H53NO6/c1-2-36-33(38)17-9-4-3-8-16-29-30(32(26-31(29)37)42-35-19-11-13-25-40-35)23-22-28(41-34-18-10-12-24-39-34)21-20-27-14-6-5-7-15-27/h3,5-8,14-15,22-23,28-32,34-35,37H,2,4,9-13,16-21,24-26H2,1H3,(H,36,38)/t28?,29-,30-,31+,32-,34?,35?/m1/s1. The first kappa shape index (κ1) is 32.9. The molecule has 2 N–H and O–H groups in total. The van der Waals surface area contributed by atoms with E-state index >= 15 is 0 Å². The highest BCUT2D eigenvalue weighted by Crippen LogP contribution is 2.39. The van der Waals surface area contributed by atoms with Crippen molar-refractivity contribution in [2.24, 2.45) is 11.8 Å². The summed E-state index contributed by atoms with van der Waals surface area (Å²) in [4.78, 5) is 11.7. The summed E-state index contributed by atoms with van der Waals surface area (Å²) < 4.78 is 24.9. The van der Waals surface area contributed by atoms with Gasteiger partial charge >= 0.3 is 0 Å². The third kappa shape index (κ3) is 11.2. The molecule has 7 nitrogen and oxygen atoms in total. The number of unbranched alkanes of at least 4 members (excludes halogenated alkanes) is 1. The molecule has 0 bridgehead atoms. The van der Waals surface area contributed by atoms with Gasteiger partial charge in [-0.25, -0.2) is 0 Å². The fraction of sp³-hybridized carbons (Fsp3) is 0.686. The first-order valence-corrected chi connectivity index (χ1v) is 16.5. The van der Waals surface area contributed by atoms with Gasteiger partial charge < -0.3 is 29.4 Å². The zero-order chi connectivity index (χ0) is 29.4. The summed E-state index contributed by atoms with van der Waals surface area (Å²) in [5.74, 6) is 0.214. The van der Waals surface area contributed by atoms with Gasteiger partial charge in [0.2, 0.25) is 5.91 Å². The van der Waals surface area contributed by atoms with E-state index in [1.807, 2.05) is 13.0 Å². The lowest BCUT2D eigenvalue weighted by atomic mass is 9.89. The lowest BCUT2D eigenvalue weighted by Crippen LogP contribution is -2.31. The van der Waals surface area contributed by atoms with Crippen LogP contribution in [0.4, 0.5) is 0 Å². The van der Waals surface area contributed by atoms with Crippen LogP contribution in [-0.4, -0.2) is 61.7 Å². The molecule has 1 aromatic rings. The lowest BCUT2D eigenvalue weighted by Gasteiger charge is -2.30. The van der Waals surface area contributed by atoms with Crippen LogP contribution in [0.25, 0.3) is 0 Å². The second-order valence-corrected chi connectivity index (χ2v) is 11.9. The molecule has 1 saturated carbocycles.